The summed E-state index contributed by atoms with van der Waals surface area (Å²) in [5.74, 6) is 0.101. The summed E-state index contributed by atoms with van der Waals surface area (Å²) < 4.78 is 1.94. The molecule has 2 aromatic rings. The minimum Gasteiger partial charge on any atom is -0.371 e. The number of amides is 1. The molecule has 140 valence electrons. The average Bonchev–Trinajstić information content (AvgIpc) is 2.97. The van der Waals surface area contributed by atoms with E-state index in [0.29, 0.717) is 6.42 Å². The van der Waals surface area contributed by atoms with Crippen molar-refractivity contribution in [2.24, 2.45) is 0 Å². The van der Waals surface area contributed by atoms with Gasteiger partial charge in [0.15, 0.2) is 0 Å². The summed E-state index contributed by atoms with van der Waals surface area (Å²) in [6.07, 6.45) is 3.82. The van der Waals surface area contributed by atoms with Crippen molar-refractivity contribution in [1.29, 1.82) is 0 Å². The highest BCUT2D eigenvalue weighted by molar-refractivity contribution is 5.76. The molecule has 0 fully saturated rings. The number of fused-ring (bicyclic) bond motifs is 1. The van der Waals surface area contributed by atoms with Gasteiger partial charge in [-0.05, 0) is 57.7 Å². The predicted molar refractivity (Wildman–Crippen MR) is 106 cm³/mol. The Balaban J connectivity index is 1.41. The predicted octanol–water partition coefficient (Wildman–Crippen LogP) is 3.41. The molecule has 0 bridgehead atoms. The molecule has 3 rings (SSSR count). The minimum atomic E-state index is 0.0812. The molecule has 1 N–H and O–H groups in total. The van der Waals surface area contributed by atoms with Crippen LogP contribution in [0.4, 0.5) is 5.69 Å². The Labute approximate surface area is 156 Å². The van der Waals surface area contributed by atoms with Crippen LogP contribution in [0.15, 0.2) is 30.3 Å². The Bertz CT molecular complexity index is 752. The fraction of sp³-hybridized carbons (Fsp3) is 0.524. The summed E-state index contributed by atoms with van der Waals surface area (Å²) in [4.78, 5) is 14.7. The monoisotopic (exact) mass is 354 g/mol. The quantitative estimate of drug-likeness (QED) is 0.775. The molecule has 0 spiro atoms. The van der Waals surface area contributed by atoms with Gasteiger partial charge < -0.3 is 10.2 Å². The smallest absolute Gasteiger partial charge is 0.222 e. The standard InChI is InChI=1S/C21H30N4O/c1-16-14-17(2)25(23-16)18(3)15-21(26)22-11-7-13-24-12-6-9-19-8-4-5-10-20(19)24/h4-5,8,10,14,18H,6-7,9,11-13,15H2,1-3H3,(H,22,26). The largest absolute Gasteiger partial charge is 0.371 e. The first-order chi connectivity index (χ1) is 12.5. The highest BCUT2D eigenvalue weighted by atomic mass is 16.1. The normalized spacial score (nSPS) is 14.8. The van der Waals surface area contributed by atoms with Gasteiger partial charge in [-0.1, -0.05) is 18.2 Å². The summed E-state index contributed by atoms with van der Waals surface area (Å²) in [5.41, 5.74) is 4.91. The lowest BCUT2D eigenvalue weighted by Crippen LogP contribution is -2.33. The first-order valence-corrected chi connectivity index (χ1v) is 9.67. The third-order valence-electron chi connectivity index (χ3n) is 5.08. The van der Waals surface area contributed by atoms with E-state index < -0.39 is 0 Å². The summed E-state index contributed by atoms with van der Waals surface area (Å²) in [7, 11) is 0. The van der Waals surface area contributed by atoms with Gasteiger partial charge in [0.25, 0.3) is 0 Å². The number of rotatable bonds is 7. The third kappa shape index (κ3) is 4.45. The van der Waals surface area contributed by atoms with Crippen LogP contribution in [-0.2, 0) is 11.2 Å². The Kier molecular flexibility index (Phi) is 5.96. The second-order valence-corrected chi connectivity index (χ2v) is 7.35. The maximum absolute atomic E-state index is 12.2. The van der Waals surface area contributed by atoms with Crippen LogP contribution < -0.4 is 10.2 Å². The molecule has 2 heterocycles. The second kappa shape index (κ2) is 8.39. The van der Waals surface area contributed by atoms with E-state index in [2.05, 4.69) is 39.6 Å². The van der Waals surface area contributed by atoms with Crippen molar-refractivity contribution >= 4 is 11.6 Å². The molecule has 1 unspecified atom stereocenters. The van der Waals surface area contributed by atoms with E-state index in [1.165, 1.54) is 24.1 Å². The van der Waals surface area contributed by atoms with Gasteiger partial charge in [-0.15, -0.1) is 0 Å². The second-order valence-electron chi connectivity index (χ2n) is 7.35. The molecule has 0 saturated heterocycles. The van der Waals surface area contributed by atoms with Gasteiger partial charge in [0.05, 0.1) is 11.7 Å². The fourth-order valence-corrected chi connectivity index (χ4v) is 3.86. The summed E-state index contributed by atoms with van der Waals surface area (Å²) in [6.45, 7) is 8.88. The molecule has 0 saturated carbocycles. The SMILES string of the molecule is Cc1cc(C)n(C(C)CC(=O)NCCCN2CCCc3ccccc32)n1. The van der Waals surface area contributed by atoms with Crippen molar-refractivity contribution in [3.8, 4) is 0 Å². The number of carbonyl (C=O) groups excluding carboxylic acids is 1. The topological polar surface area (TPSA) is 50.2 Å². The third-order valence-corrected chi connectivity index (χ3v) is 5.08. The number of anilines is 1. The summed E-state index contributed by atoms with van der Waals surface area (Å²) in [5, 5.41) is 7.54. The van der Waals surface area contributed by atoms with Gasteiger partial charge in [-0.3, -0.25) is 9.48 Å². The molecule has 1 amide bonds. The Hall–Kier alpha value is -2.30. The molecule has 0 aliphatic carbocycles. The van der Waals surface area contributed by atoms with Crippen molar-refractivity contribution < 1.29 is 4.79 Å². The minimum absolute atomic E-state index is 0.0812. The highest BCUT2D eigenvalue weighted by Gasteiger charge is 2.16. The zero-order valence-corrected chi connectivity index (χ0v) is 16.2. The van der Waals surface area contributed by atoms with Gasteiger partial charge in [0.1, 0.15) is 0 Å². The van der Waals surface area contributed by atoms with Crippen molar-refractivity contribution in [3.05, 3.63) is 47.3 Å². The fourth-order valence-electron chi connectivity index (χ4n) is 3.86. The number of nitrogens with one attached hydrogen (secondary N) is 1. The van der Waals surface area contributed by atoms with Crippen LogP contribution in [0.5, 0.6) is 0 Å². The lowest BCUT2D eigenvalue weighted by molar-refractivity contribution is -0.121. The molecule has 1 atom stereocenters. The van der Waals surface area contributed by atoms with Gasteiger partial charge in [-0.2, -0.15) is 5.10 Å². The number of nitrogens with zero attached hydrogens (tertiary/aromatic N) is 3. The van der Waals surface area contributed by atoms with Crippen LogP contribution >= 0.6 is 0 Å². The van der Waals surface area contributed by atoms with Crippen molar-refractivity contribution in [1.82, 2.24) is 15.1 Å². The Morgan fingerprint density at radius 1 is 1.31 bits per heavy atom. The zero-order chi connectivity index (χ0) is 18.5. The van der Waals surface area contributed by atoms with E-state index in [1.807, 2.05) is 31.5 Å². The zero-order valence-electron chi connectivity index (χ0n) is 16.2. The van der Waals surface area contributed by atoms with E-state index >= 15 is 0 Å². The molecule has 26 heavy (non-hydrogen) atoms. The van der Waals surface area contributed by atoms with E-state index in [1.54, 1.807) is 0 Å². The van der Waals surface area contributed by atoms with Crippen molar-refractivity contribution in [2.45, 2.75) is 52.5 Å². The van der Waals surface area contributed by atoms with Gasteiger partial charge >= 0.3 is 0 Å². The molecular formula is C21H30N4O. The van der Waals surface area contributed by atoms with Crippen LogP contribution in [0.25, 0.3) is 0 Å². The number of carbonyl (C=O) groups is 1. The Morgan fingerprint density at radius 3 is 2.88 bits per heavy atom. The van der Waals surface area contributed by atoms with Gasteiger partial charge in [0.2, 0.25) is 5.91 Å². The Morgan fingerprint density at radius 2 is 2.12 bits per heavy atom. The number of para-hydroxylation sites is 1. The first kappa shape index (κ1) is 18.5. The van der Waals surface area contributed by atoms with Crippen molar-refractivity contribution in [3.63, 3.8) is 0 Å². The molecule has 1 aromatic heterocycles. The van der Waals surface area contributed by atoms with Crippen LogP contribution in [0.3, 0.4) is 0 Å². The van der Waals surface area contributed by atoms with Crippen LogP contribution in [-0.4, -0.2) is 35.3 Å². The molecule has 5 heteroatoms. The molecule has 1 aromatic carbocycles. The summed E-state index contributed by atoms with van der Waals surface area (Å²) >= 11 is 0. The van der Waals surface area contributed by atoms with E-state index in [9.17, 15) is 4.79 Å². The van der Waals surface area contributed by atoms with Gasteiger partial charge in [0, 0.05) is 37.4 Å². The maximum atomic E-state index is 12.2. The van der Waals surface area contributed by atoms with E-state index in [4.69, 9.17) is 0 Å². The molecule has 1 aliphatic heterocycles. The lowest BCUT2D eigenvalue weighted by Gasteiger charge is -2.31. The van der Waals surface area contributed by atoms with Crippen molar-refractivity contribution in [2.75, 3.05) is 24.5 Å². The number of aromatic nitrogens is 2. The van der Waals surface area contributed by atoms with Crippen LogP contribution in [0.1, 0.15) is 49.2 Å². The van der Waals surface area contributed by atoms with E-state index in [0.717, 1.165) is 37.4 Å². The maximum Gasteiger partial charge on any atom is 0.222 e. The number of hydrogen-bond donors (Lipinski definition) is 1. The first-order valence-electron chi connectivity index (χ1n) is 9.67. The molecular weight excluding hydrogens is 324 g/mol. The van der Waals surface area contributed by atoms with Gasteiger partial charge in [-0.25, -0.2) is 0 Å². The molecule has 0 radical (unpaired) electrons. The number of benzene rings is 1. The highest BCUT2D eigenvalue weighted by Crippen LogP contribution is 2.26. The lowest BCUT2D eigenvalue weighted by atomic mass is 10.0. The average molecular weight is 354 g/mol. The molecule has 5 nitrogen and oxygen atoms in total. The van der Waals surface area contributed by atoms with Crippen LogP contribution in [0, 0.1) is 13.8 Å². The van der Waals surface area contributed by atoms with Crippen LogP contribution in [0.2, 0.25) is 0 Å². The number of aryl methyl sites for hydroxylation is 3. The van der Waals surface area contributed by atoms with E-state index in [-0.39, 0.29) is 11.9 Å². The summed E-state index contributed by atoms with van der Waals surface area (Å²) in [6, 6.07) is 10.8. The number of hydrogen-bond acceptors (Lipinski definition) is 3. The molecule has 1 aliphatic rings.